The highest BCUT2D eigenvalue weighted by Gasteiger charge is 2.32. The van der Waals surface area contributed by atoms with Crippen LogP contribution in [0.1, 0.15) is 78.7 Å². The first-order valence-corrected chi connectivity index (χ1v) is 15.2. The lowest BCUT2D eigenvalue weighted by atomic mass is 10.0. The summed E-state index contributed by atoms with van der Waals surface area (Å²) in [6, 6.07) is 3.82. The fourth-order valence-electron chi connectivity index (χ4n) is 4.63. The molecule has 1 aliphatic rings. The summed E-state index contributed by atoms with van der Waals surface area (Å²) in [5.41, 5.74) is 0.765. The Balaban J connectivity index is 2.39. The number of carbonyl (C=O) groups is 6. The smallest absolute Gasteiger partial charge is 0.245 e. The van der Waals surface area contributed by atoms with Crippen LogP contribution in [0.4, 0.5) is 0 Å². The van der Waals surface area contributed by atoms with Gasteiger partial charge in [-0.2, -0.15) is 0 Å². The van der Waals surface area contributed by atoms with E-state index >= 15 is 0 Å². The molecule has 1 aromatic rings. The molecule has 0 unspecified atom stereocenters. The molecule has 1 aliphatic heterocycles. The minimum absolute atomic E-state index is 0.0439. The van der Waals surface area contributed by atoms with Gasteiger partial charge in [-0.25, -0.2) is 0 Å². The molecule has 6 amide bonds. The maximum absolute atomic E-state index is 13.6. The van der Waals surface area contributed by atoms with Gasteiger partial charge < -0.3 is 31.9 Å². The highest BCUT2D eigenvalue weighted by Crippen LogP contribution is 2.08. The second kappa shape index (κ2) is 17.9. The lowest BCUT2D eigenvalue weighted by molar-refractivity contribution is -0.135. The van der Waals surface area contributed by atoms with E-state index in [9.17, 15) is 28.8 Å². The Hall–Kier alpha value is -3.96. The third-order valence-corrected chi connectivity index (χ3v) is 7.15. The molecule has 6 N–H and O–H groups in total. The van der Waals surface area contributed by atoms with Gasteiger partial charge in [-0.05, 0) is 38.2 Å². The van der Waals surface area contributed by atoms with Crippen molar-refractivity contribution in [1.29, 1.82) is 0 Å². The molecule has 12 nitrogen and oxygen atoms in total. The van der Waals surface area contributed by atoms with Crippen LogP contribution >= 0.6 is 0 Å². The summed E-state index contributed by atoms with van der Waals surface area (Å²) in [5, 5.41) is 16.0. The molecule has 0 aromatic heterocycles. The predicted octanol–water partition coefficient (Wildman–Crippen LogP) is 0.839. The number of unbranched alkanes of at least 4 members (excludes halogenated alkanes) is 3. The fraction of sp³-hybridized carbons (Fsp3) is 0.613. The Labute approximate surface area is 254 Å². The van der Waals surface area contributed by atoms with Crippen molar-refractivity contribution in [3.63, 3.8) is 0 Å². The van der Waals surface area contributed by atoms with Crippen molar-refractivity contribution in [2.24, 2.45) is 5.92 Å². The van der Waals surface area contributed by atoms with E-state index in [0.29, 0.717) is 12.8 Å². The molecule has 1 aromatic carbocycles. The number of hydrogen-bond donors (Lipinski definition) is 6. The predicted molar refractivity (Wildman–Crippen MR) is 162 cm³/mol. The van der Waals surface area contributed by atoms with Crippen molar-refractivity contribution in [2.75, 3.05) is 6.54 Å². The van der Waals surface area contributed by atoms with Crippen LogP contribution in [0.25, 0.3) is 0 Å². The summed E-state index contributed by atoms with van der Waals surface area (Å²) >= 11 is 0. The first kappa shape index (κ1) is 35.2. The average Bonchev–Trinajstić information content (AvgIpc) is 2.96. The minimum Gasteiger partial charge on any atom is -0.352 e. The minimum atomic E-state index is -1.18. The number of carbonyl (C=O) groups excluding carboxylic acids is 6. The zero-order valence-corrected chi connectivity index (χ0v) is 26.0. The number of rotatable bonds is 10. The molecule has 0 saturated carbocycles. The summed E-state index contributed by atoms with van der Waals surface area (Å²) in [6.45, 7) is 8.57. The molecule has 2 rings (SSSR count). The van der Waals surface area contributed by atoms with Crippen molar-refractivity contribution in [1.82, 2.24) is 31.9 Å². The van der Waals surface area contributed by atoms with Crippen LogP contribution in [-0.2, 0) is 35.2 Å². The summed E-state index contributed by atoms with van der Waals surface area (Å²) in [7, 11) is 0. The van der Waals surface area contributed by atoms with E-state index in [1.807, 2.05) is 19.9 Å². The summed E-state index contributed by atoms with van der Waals surface area (Å²) in [6.07, 6.45) is 4.16. The topological polar surface area (TPSA) is 175 Å². The number of hydrogen-bond acceptors (Lipinski definition) is 6. The quantitative estimate of drug-likeness (QED) is 0.217. The first-order chi connectivity index (χ1) is 20.4. The molecule has 0 aliphatic carbocycles. The van der Waals surface area contributed by atoms with Crippen LogP contribution in [0.2, 0.25) is 0 Å². The molecular weight excluding hydrogens is 552 g/mol. The van der Waals surface area contributed by atoms with Crippen LogP contribution < -0.4 is 31.9 Å². The van der Waals surface area contributed by atoms with E-state index in [4.69, 9.17) is 0 Å². The number of amides is 6. The van der Waals surface area contributed by atoms with Crippen molar-refractivity contribution in [3.8, 4) is 0 Å². The Morgan fingerprint density at radius 3 is 2.02 bits per heavy atom. The first-order valence-electron chi connectivity index (χ1n) is 15.2. The van der Waals surface area contributed by atoms with Crippen LogP contribution in [0.5, 0.6) is 0 Å². The average molecular weight is 601 g/mol. The molecule has 12 heteroatoms. The van der Waals surface area contributed by atoms with Gasteiger partial charge in [0, 0.05) is 19.4 Å². The molecule has 1 saturated heterocycles. The molecule has 5 atom stereocenters. The third kappa shape index (κ3) is 12.4. The summed E-state index contributed by atoms with van der Waals surface area (Å²) in [5.74, 6) is -3.30. The van der Waals surface area contributed by atoms with E-state index in [1.165, 1.54) is 13.8 Å². The molecule has 43 heavy (non-hydrogen) atoms. The zero-order chi connectivity index (χ0) is 31.9. The van der Waals surface area contributed by atoms with Crippen molar-refractivity contribution in [3.05, 3.63) is 35.9 Å². The van der Waals surface area contributed by atoms with Crippen LogP contribution in [-0.4, -0.2) is 72.2 Å². The maximum Gasteiger partial charge on any atom is 0.245 e. The lowest BCUT2D eigenvalue weighted by Gasteiger charge is -2.27. The van der Waals surface area contributed by atoms with Gasteiger partial charge in [0.1, 0.15) is 30.2 Å². The van der Waals surface area contributed by atoms with Gasteiger partial charge in [-0.1, -0.05) is 70.4 Å². The van der Waals surface area contributed by atoms with Gasteiger partial charge in [-0.3, -0.25) is 28.8 Å². The van der Waals surface area contributed by atoms with Crippen molar-refractivity contribution < 1.29 is 28.8 Å². The van der Waals surface area contributed by atoms with Crippen LogP contribution in [0.3, 0.4) is 0 Å². The van der Waals surface area contributed by atoms with E-state index in [2.05, 4.69) is 38.8 Å². The van der Waals surface area contributed by atoms with Gasteiger partial charge in [0.15, 0.2) is 0 Å². The molecule has 1 heterocycles. The normalized spacial score (nSPS) is 24.3. The lowest BCUT2D eigenvalue weighted by Crippen LogP contribution is -2.61. The van der Waals surface area contributed by atoms with E-state index < -0.39 is 59.7 Å². The SMILES string of the molecule is CCCCCCC(=O)N[C@@H]1CNC(=O)[C@@H](CC(C)C)NC(=O)[C@@H](C)NC(=O)[C@@H](C)NC(=O)[C@@H](Cc2ccccc2)NC1=O. The Kier molecular flexibility index (Phi) is 14.6. The highest BCUT2D eigenvalue weighted by molar-refractivity contribution is 5.97. The summed E-state index contributed by atoms with van der Waals surface area (Å²) < 4.78 is 0. The molecule has 238 valence electrons. The van der Waals surface area contributed by atoms with E-state index in [-0.39, 0.29) is 31.2 Å². The molecular formula is C31H48N6O6. The standard InChI is InChI=1S/C31H48N6O6/c1-6-7-8-12-15-26(38)35-25-18-32-29(41)23(16-19(2)3)36-28(40)21(5)33-27(39)20(4)34-30(42)24(37-31(25)43)17-22-13-10-9-11-14-22/h9-11,13-14,19-21,23-25H,6-8,12,15-18H2,1-5H3,(H,32,41)(H,33,39)(H,34,42)(H,35,38)(H,36,40)(H,37,43)/t20-,21-,23-,24-,25-/m1/s1. The number of benzene rings is 1. The van der Waals surface area contributed by atoms with Crippen LogP contribution in [0, 0.1) is 5.92 Å². The number of nitrogens with one attached hydrogen (secondary N) is 6. The van der Waals surface area contributed by atoms with Crippen molar-refractivity contribution >= 4 is 35.4 Å². The van der Waals surface area contributed by atoms with Gasteiger partial charge in [-0.15, -0.1) is 0 Å². The second-order valence-corrected chi connectivity index (χ2v) is 11.6. The van der Waals surface area contributed by atoms with Gasteiger partial charge in [0.05, 0.1) is 0 Å². The largest absolute Gasteiger partial charge is 0.352 e. The van der Waals surface area contributed by atoms with Crippen molar-refractivity contribution in [2.45, 2.75) is 110 Å². The van der Waals surface area contributed by atoms with Gasteiger partial charge >= 0.3 is 0 Å². The Morgan fingerprint density at radius 2 is 1.40 bits per heavy atom. The maximum atomic E-state index is 13.6. The van der Waals surface area contributed by atoms with Crippen LogP contribution in [0.15, 0.2) is 30.3 Å². The zero-order valence-electron chi connectivity index (χ0n) is 26.0. The Bertz CT molecular complexity index is 1110. The molecule has 1 fully saturated rings. The third-order valence-electron chi connectivity index (χ3n) is 7.15. The van der Waals surface area contributed by atoms with E-state index in [0.717, 1.165) is 24.8 Å². The van der Waals surface area contributed by atoms with Gasteiger partial charge in [0.2, 0.25) is 35.4 Å². The Morgan fingerprint density at radius 1 is 0.791 bits per heavy atom. The summed E-state index contributed by atoms with van der Waals surface area (Å²) in [4.78, 5) is 78.7. The van der Waals surface area contributed by atoms with E-state index in [1.54, 1.807) is 24.3 Å². The fourth-order valence-corrected chi connectivity index (χ4v) is 4.63. The second-order valence-electron chi connectivity index (χ2n) is 11.6. The van der Waals surface area contributed by atoms with Gasteiger partial charge in [0.25, 0.3) is 0 Å². The highest BCUT2D eigenvalue weighted by atomic mass is 16.2. The molecule has 0 spiro atoms. The monoisotopic (exact) mass is 600 g/mol. The molecule has 0 radical (unpaired) electrons. The molecule has 0 bridgehead atoms.